The average Bonchev–Trinajstić information content (AvgIpc) is 3.06. The lowest BCUT2D eigenvalue weighted by molar-refractivity contribution is -0.127. The Hall–Kier alpha value is -3.94. The zero-order valence-electron chi connectivity index (χ0n) is 23.0. The number of hydrogen-bond acceptors (Lipinski definition) is 5. The summed E-state index contributed by atoms with van der Waals surface area (Å²) in [5.41, 5.74) is 10.1. The first kappa shape index (κ1) is 27.1. The number of fused-ring (bicyclic) bond motifs is 2. The molecule has 8 heteroatoms. The first-order valence-corrected chi connectivity index (χ1v) is 13.3. The van der Waals surface area contributed by atoms with Gasteiger partial charge in [-0.2, -0.15) is 0 Å². The van der Waals surface area contributed by atoms with Crippen molar-refractivity contribution in [1.29, 1.82) is 0 Å². The van der Waals surface area contributed by atoms with Gasteiger partial charge in [0.1, 0.15) is 5.84 Å². The smallest absolute Gasteiger partial charge is 0.331 e. The van der Waals surface area contributed by atoms with Crippen molar-refractivity contribution < 1.29 is 4.79 Å². The summed E-state index contributed by atoms with van der Waals surface area (Å²) in [6, 6.07) is 11.4. The van der Waals surface area contributed by atoms with E-state index in [0.717, 1.165) is 29.5 Å². The van der Waals surface area contributed by atoms with Gasteiger partial charge in [-0.05, 0) is 54.2 Å². The van der Waals surface area contributed by atoms with Gasteiger partial charge in [-0.15, -0.1) is 0 Å². The largest absolute Gasteiger partial charge is 0.387 e. The highest BCUT2D eigenvalue weighted by atomic mass is 16.2. The number of aliphatic imine (C=N–C) groups is 1. The quantitative estimate of drug-likeness (QED) is 0.479. The van der Waals surface area contributed by atoms with E-state index in [9.17, 15) is 14.4 Å². The summed E-state index contributed by atoms with van der Waals surface area (Å²) in [4.78, 5) is 45.7. The Labute approximate surface area is 223 Å². The Kier molecular flexibility index (Phi) is 7.99. The molecule has 0 saturated carbocycles. The van der Waals surface area contributed by atoms with Crippen LogP contribution in [0, 0.1) is 5.92 Å². The van der Waals surface area contributed by atoms with E-state index in [4.69, 9.17) is 5.73 Å². The topological polar surface area (TPSA) is 103 Å². The highest BCUT2D eigenvalue weighted by molar-refractivity contribution is 6.05. The van der Waals surface area contributed by atoms with Gasteiger partial charge in [0, 0.05) is 44.2 Å². The van der Waals surface area contributed by atoms with E-state index in [1.807, 2.05) is 55.2 Å². The van der Waals surface area contributed by atoms with Crippen LogP contribution in [0.2, 0.25) is 0 Å². The highest BCUT2D eigenvalue weighted by Crippen LogP contribution is 2.33. The second-order valence-corrected chi connectivity index (χ2v) is 10.4. The summed E-state index contributed by atoms with van der Waals surface area (Å²) >= 11 is 0. The lowest BCUT2D eigenvalue weighted by Gasteiger charge is -2.22. The third-order valence-corrected chi connectivity index (χ3v) is 6.78. The van der Waals surface area contributed by atoms with Crippen LogP contribution in [0.25, 0.3) is 28.1 Å². The first-order valence-electron chi connectivity index (χ1n) is 13.3. The molecule has 2 aromatic carbocycles. The molecule has 0 radical (unpaired) electrons. The molecule has 8 nitrogen and oxygen atoms in total. The second kappa shape index (κ2) is 11.2. The Morgan fingerprint density at radius 1 is 1.05 bits per heavy atom. The van der Waals surface area contributed by atoms with E-state index in [0.29, 0.717) is 54.1 Å². The van der Waals surface area contributed by atoms with E-state index < -0.39 is 0 Å². The molecule has 2 heterocycles. The predicted octanol–water partition coefficient (Wildman–Crippen LogP) is 4.45. The van der Waals surface area contributed by atoms with Crippen molar-refractivity contribution in [2.24, 2.45) is 23.7 Å². The summed E-state index contributed by atoms with van der Waals surface area (Å²) in [6.45, 7) is 9.88. The van der Waals surface area contributed by atoms with Crippen molar-refractivity contribution in [3.63, 3.8) is 0 Å². The Morgan fingerprint density at radius 2 is 1.71 bits per heavy atom. The van der Waals surface area contributed by atoms with Gasteiger partial charge in [0.2, 0.25) is 5.91 Å². The Balaban J connectivity index is 1.76. The zero-order chi connectivity index (χ0) is 27.6. The minimum Gasteiger partial charge on any atom is -0.387 e. The lowest BCUT2D eigenvalue weighted by Crippen LogP contribution is -2.40. The van der Waals surface area contributed by atoms with Gasteiger partial charge in [0.15, 0.2) is 0 Å². The number of aromatic nitrogens is 2. The van der Waals surface area contributed by atoms with Crippen LogP contribution in [0.15, 0.2) is 56.6 Å². The third-order valence-electron chi connectivity index (χ3n) is 6.78. The van der Waals surface area contributed by atoms with Crippen LogP contribution in [0.1, 0.15) is 52.5 Å². The molecule has 1 aliphatic heterocycles. The fourth-order valence-corrected chi connectivity index (χ4v) is 4.98. The van der Waals surface area contributed by atoms with Crippen LogP contribution in [0.4, 0.5) is 5.69 Å². The van der Waals surface area contributed by atoms with Crippen LogP contribution >= 0.6 is 0 Å². The van der Waals surface area contributed by atoms with E-state index in [2.05, 4.69) is 18.8 Å². The maximum atomic E-state index is 13.3. The van der Waals surface area contributed by atoms with Crippen molar-refractivity contribution >= 4 is 34.4 Å². The SMILES string of the molecule is CCCN(CCC)C(=O)C1=Cc2ccc(-c3ccc4c(=O)n(CC(C)C)c(=O)n(C)c4c3)cc2N=C(N)C1. The van der Waals surface area contributed by atoms with Crippen molar-refractivity contribution in [2.45, 2.75) is 53.5 Å². The van der Waals surface area contributed by atoms with Crippen LogP contribution < -0.4 is 17.0 Å². The molecule has 1 aliphatic rings. The number of hydrogen-bond donors (Lipinski definition) is 1. The number of amides is 1. The van der Waals surface area contributed by atoms with Crippen LogP contribution in [-0.4, -0.2) is 38.9 Å². The normalized spacial score (nSPS) is 13.2. The fourth-order valence-electron chi connectivity index (χ4n) is 4.98. The number of nitrogens with zero attached hydrogens (tertiary/aromatic N) is 4. The molecule has 0 fully saturated rings. The molecule has 1 amide bonds. The van der Waals surface area contributed by atoms with Crippen LogP contribution in [0.3, 0.4) is 0 Å². The second-order valence-electron chi connectivity index (χ2n) is 10.4. The first-order chi connectivity index (χ1) is 18.1. The average molecular weight is 516 g/mol. The maximum absolute atomic E-state index is 13.3. The summed E-state index contributed by atoms with van der Waals surface area (Å²) < 4.78 is 2.83. The van der Waals surface area contributed by atoms with Crippen molar-refractivity contribution in [3.8, 4) is 11.1 Å². The van der Waals surface area contributed by atoms with Crippen molar-refractivity contribution in [1.82, 2.24) is 14.0 Å². The number of nitrogens with two attached hydrogens (primary N) is 1. The molecule has 3 aromatic rings. The third kappa shape index (κ3) is 5.35. The van der Waals surface area contributed by atoms with Gasteiger partial charge in [-0.1, -0.05) is 45.9 Å². The van der Waals surface area contributed by atoms with Crippen molar-refractivity contribution in [2.75, 3.05) is 13.1 Å². The molecule has 0 spiro atoms. The van der Waals surface area contributed by atoms with Crippen LogP contribution in [0.5, 0.6) is 0 Å². The van der Waals surface area contributed by atoms with E-state index in [1.165, 1.54) is 9.13 Å². The van der Waals surface area contributed by atoms with Gasteiger partial charge >= 0.3 is 5.69 Å². The molecule has 0 unspecified atom stereocenters. The van der Waals surface area contributed by atoms with Gasteiger partial charge in [0.25, 0.3) is 5.56 Å². The molecule has 1 aromatic heterocycles. The van der Waals surface area contributed by atoms with Crippen molar-refractivity contribution in [3.05, 3.63) is 68.4 Å². The molecule has 4 rings (SSSR count). The summed E-state index contributed by atoms with van der Waals surface area (Å²) in [7, 11) is 1.69. The highest BCUT2D eigenvalue weighted by Gasteiger charge is 2.21. The van der Waals surface area contributed by atoms with Gasteiger partial charge in [-0.3, -0.25) is 18.7 Å². The molecule has 2 N–H and O–H groups in total. The minimum absolute atomic E-state index is 0.00217. The molecule has 0 aliphatic carbocycles. The number of carbonyl (C=O) groups excluding carboxylic acids is 1. The van der Waals surface area contributed by atoms with E-state index in [1.54, 1.807) is 13.1 Å². The monoisotopic (exact) mass is 515 g/mol. The zero-order valence-corrected chi connectivity index (χ0v) is 23.0. The summed E-state index contributed by atoms with van der Waals surface area (Å²) in [6.07, 6.45) is 3.98. The molecule has 0 atom stereocenters. The Morgan fingerprint density at radius 3 is 2.37 bits per heavy atom. The lowest BCUT2D eigenvalue weighted by atomic mass is 10.00. The molecular weight excluding hydrogens is 478 g/mol. The molecule has 200 valence electrons. The fraction of sp³-hybridized carbons (Fsp3) is 0.400. The molecule has 0 saturated heterocycles. The number of rotatable bonds is 8. The van der Waals surface area contributed by atoms with Crippen LogP contribution in [-0.2, 0) is 18.4 Å². The Bertz CT molecular complexity index is 1550. The number of amidine groups is 1. The minimum atomic E-state index is -0.324. The van der Waals surface area contributed by atoms with E-state index in [-0.39, 0.29) is 23.1 Å². The number of carbonyl (C=O) groups is 1. The van der Waals surface area contributed by atoms with Gasteiger partial charge in [-0.25, -0.2) is 9.79 Å². The van der Waals surface area contributed by atoms with E-state index >= 15 is 0 Å². The van der Waals surface area contributed by atoms with Gasteiger partial charge < -0.3 is 10.6 Å². The maximum Gasteiger partial charge on any atom is 0.331 e. The predicted molar refractivity (Wildman–Crippen MR) is 155 cm³/mol. The number of aryl methyl sites for hydroxylation is 1. The molecule has 38 heavy (non-hydrogen) atoms. The summed E-state index contributed by atoms with van der Waals surface area (Å²) in [5, 5.41) is 0.503. The number of benzene rings is 2. The molecule has 0 bridgehead atoms. The molecular formula is C30H37N5O3. The summed E-state index contributed by atoms with van der Waals surface area (Å²) in [5.74, 6) is 0.568. The standard InChI is InChI=1S/C30H37N5O3/c1-6-12-34(13-7-2)28(36)23-14-22-9-8-20(15-25(22)32-27(31)17-23)21-10-11-24-26(16-21)33(5)30(38)35(29(24)37)18-19(3)4/h8-11,14-16,19H,6-7,12-13,17-18H2,1-5H3,(H2,31,32). The van der Waals surface area contributed by atoms with Gasteiger partial charge in [0.05, 0.1) is 16.6 Å².